The van der Waals surface area contributed by atoms with Gasteiger partial charge in [0, 0.05) is 37.5 Å². The first kappa shape index (κ1) is 26.0. The minimum atomic E-state index is -0.876. The summed E-state index contributed by atoms with van der Waals surface area (Å²) in [5.74, 6) is 2.42. The molecule has 5 heteroatoms. The van der Waals surface area contributed by atoms with Gasteiger partial charge in [-0.15, -0.1) is 0 Å². The number of methoxy groups -OCH3 is 2. The van der Waals surface area contributed by atoms with Crippen LogP contribution in [0.1, 0.15) is 41.7 Å². The highest BCUT2D eigenvalue weighted by atomic mass is 35.5. The van der Waals surface area contributed by atoms with Crippen molar-refractivity contribution >= 4 is 40.1 Å². The molecule has 41 heavy (non-hydrogen) atoms. The van der Waals surface area contributed by atoms with Crippen LogP contribution in [0.5, 0.6) is 17.2 Å². The van der Waals surface area contributed by atoms with Crippen molar-refractivity contribution in [1.82, 2.24) is 0 Å². The molecule has 1 heterocycles. The van der Waals surface area contributed by atoms with Crippen LogP contribution in [0.25, 0.3) is 28.0 Å². The number of hydrogen-bond donors (Lipinski definition) is 0. The number of hydrogen-bond acceptors (Lipinski definition) is 3. The molecule has 0 unspecified atom stereocenters. The summed E-state index contributed by atoms with van der Waals surface area (Å²) in [4.78, 5) is 0. The highest BCUT2D eigenvalue weighted by Gasteiger charge is 2.45. The fourth-order valence-corrected chi connectivity index (χ4v) is 7.44. The molecule has 0 aromatic heterocycles. The average Bonchev–Trinajstić information content (AvgIpc) is 3.23. The molecule has 0 spiro atoms. The normalized spacial score (nSPS) is 15.6. The number of fused-ring (bicyclic) bond motifs is 8. The van der Waals surface area contributed by atoms with Crippen LogP contribution < -0.4 is 14.2 Å². The maximum atomic E-state index is 7.30. The van der Waals surface area contributed by atoms with Crippen LogP contribution in [-0.4, -0.2) is 14.2 Å². The van der Waals surface area contributed by atoms with Crippen LogP contribution in [-0.2, 0) is 11.0 Å². The number of halogens is 2. The van der Waals surface area contributed by atoms with E-state index in [4.69, 9.17) is 37.4 Å². The zero-order valence-corrected chi connectivity index (χ0v) is 24.7. The van der Waals surface area contributed by atoms with Crippen LogP contribution >= 0.6 is 23.2 Å². The Morgan fingerprint density at radius 2 is 1.29 bits per heavy atom. The van der Waals surface area contributed by atoms with Crippen molar-refractivity contribution in [3.63, 3.8) is 0 Å². The molecule has 7 rings (SSSR count). The van der Waals surface area contributed by atoms with Gasteiger partial charge in [0.2, 0.25) is 0 Å². The smallest absolute Gasteiger partial charge is 0.178 e. The fraction of sp³-hybridized carbons (Fsp3) is 0.167. The number of rotatable bonds is 4. The molecule has 2 aliphatic rings. The molecule has 0 fully saturated rings. The molecule has 1 aliphatic carbocycles. The van der Waals surface area contributed by atoms with E-state index >= 15 is 0 Å². The second-order valence-electron chi connectivity index (χ2n) is 11.1. The summed E-state index contributed by atoms with van der Waals surface area (Å²) in [6.45, 7) is 4.46. The Morgan fingerprint density at radius 1 is 0.707 bits per heavy atom. The molecule has 204 valence electrons. The van der Waals surface area contributed by atoms with Crippen LogP contribution in [0, 0.1) is 0 Å². The summed E-state index contributed by atoms with van der Waals surface area (Å²) in [5.41, 5.74) is 6.33. The van der Waals surface area contributed by atoms with Gasteiger partial charge in [0.15, 0.2) is 5.60 Å². The zero-order valence-electron chi connectivity index (χ0n) is 23.2. The maximum Gasteiger partial charge on any atom is 0.178 e. The molecule has 0 radical (unpaired) electrons. The Kier molecular flexibility index (Phi) is 5.90. The lowest BCUT2D eigenvalue weighted by molar-refractivity contribution is 0.163. The van der Waals surface area contributed by atoms with E-state index in [2.05, 4.69) is 74.5 Å². The molecule has 0 saturated carbocycles. The van der Waals surface area contributed by atoms with Crippen molar-refractivity contribution in [3.8, 4) is 28.4 Å². The maximum absolute atomic E-state index is 7.30. The van der Waals surface area contributed by atoms with E-state index in [-0.39, 0.29) is 5.41 Å². The Hall–Kier alpha value is -3.92. The van der Waals surface area contributed by atoms with Crippen LogP contribution in [0.3, 0.4) is 0 Å². The quantitative estimate of drug-likeness (QED) is 0.212. The molecule has 0 amide bonds. The van der Waals surface area contributed by atoms with E-state index in [9.17, 15) is 0 Å². The summed E-state index contributed by atoms with van der Waals surface area (Å²) >= 11 is 13.4. The Morgan fingerprint density at radius 3 is 1.88 bits per heavy atom. The van der Waals surface area contributed by atoms with E-state index < -0.39 is 5.60 Å². The predicted molar refractivity (Wildman–Crippen MR) is 168 cm³/mol. The first-order valence-corrected chi connectivity index (χ1v) is 14.3. The van der Waals surface area contributed by atoms with Gasteiger partial charge in [-0.25, -0.2) is 0 Å². The lowest BCUT2D eigenvalue weighted by Gasteiger charge is -2.38. The molecule has 0 saturated heterocycles. The Balaban J connectivity index is 1.54. The molecule has 0 atom stereocenters. The molecular formula is C36H28Cl2O3. The van der Waals surface area contributed by atoms with Crippen LogP contribution in [0.2, 0.25) is 10.0 Å². The monoisotopic (exact) mass is 578 g/mol. The lowest BCUT2D eigenvalue weighted by Crippen LogP contribution is -2.35. The van der Waals surface area contributed by atoms with E-state index in [0.717, 1.165) is 55.8 Å². The first-order valence-electron chi connectivity index (χ1n) is 13.5. The Labute approximate surface area is 249 Å². The summed E-state index contributed by atoms with van der Waals surface area (Å²) in [5, 5.41) is 3.46. The first-order chi connectivity index (χ1) is 19.8. The van der Waals surface area contributed by atoms with Gasteiger partial charge in [-0.1, -0.05) is 91.7 Å². The third kappa shape index (κ3) is 3.72. The van der Waals surface area contributed by atoms with Gasteiger partial charge in [0.05, 0.1) is 14.2 Å². The van der Waals surface area contributed by atoms with E-state index in [1.54, 1.807) is 14.2 Å². The Bertz CT molecular complexity index is 1820. The summed E-state index contributed by atoms with van der Waals surface area (Å²) in [7, 11) is 3.35. The topological polar surface area (TPSA) is 27.7 Å². The molecule has 5 aromatic rings. The van der Waals surface area contributed by atoms with Crippen LogP contribution in [0.15, 0.2) is 91.0 Å². The molecule has 5 aromatic carbocycles. The van der Waals surface area contributed by atoms with Gasteiger partial charge in [-0.3, -0.25) is 0 Å². The van der Waals surface area contributed by atoms with Gasteiger partial charge in [0.25, 0.3) is 0 Å². The number of benzene rings is 5. The molecule has 0 bridgehead atoms. The average molecular weight is 580 g/mol. The van der Waals surface area contributed by atoms with Gasteiger partial charge in [-0.2, -0.15) is 0 Å². The van der Waals surface area contributed by atoms with Crippen molar-refractivity contribution < 1.29 is 14.2 Å². The van der Waals surface area contributed by atoms with Gasteiger partial charge >= 0.3 is 0 Å². The highest BCUT2D eigenvalue weighted by molar-refractivity contribution is 6.36. The SMILES string of the molecule is COc1ccc(C2(c3ccc(OC)cc3)C=Cc3c4c(c5ccccc5c3O2)-c2cc(Cl)cc(Cl)c2C4(C)C)cc1. The van der Waals surface area contributed by atoms with E-state index in [0.29, 0.717) is 10.0 Å². The van der Waals surface area contributed by atoms with E-state index in [1.807, 2.05) is 36.4 Å². The number of ether oxygens (including phenoxy) is 3. The van der Waals surface area contributed by atoms with Gasteiger partial charge in [-0.05, 0) is 70.1 Å². The third-order valence-corrected chi connectivity index (χ3v) is 9.08. The minimum Gasteiger partial charge on any atom is -0.497 e. The van der Waals surface area contributed by atoms with E-state index in [1.165, 1.54) is 11.1 Å². The van der Waals surface area contributed by atoms with Gasteiger partial charge < -0.3 is 14.2 Å². The lowest BCUT2D eigenvalue weighted by atomic mass is 9.76. The predicted octanol–water partition coefficient (Wildman–Crippen LogP) is 9.82. The van der Waals surface area contributed by atoms with Crippen molar-refractivity contribution in [2.75, 3.05) is 14.2 Å². The van der Waals surface area contributed by atoms with Crippen molar-refractivity contribution in [1.29, 1.82) is 0 Å². The largest absolute Gasteiger partial charge is 0.497 e. The van der Waals surface area contributed by atoms with Crippen LogP contribution in [0.4, 0.5) is 0 Å². The molecule has 1 aliphatic heterocycles. The second kappa shape index (κ2) is 9.30. The van der Waals surface area contributed by atoms with Crippen molar-refractivity contribution in [2.45, 2.75) is 24.9 Å². The summed E-state index contributed by atoms with van der Waals surface area (Å²) in [6.07, 6.45) is 4.39. The molecule has 0 N–H and O–H groups in total. The van der Waals surface area contributed by atoms with Crippen molar-refractivity contribution in [2.24, 2.45) is 0 Å². The zero-order chi connectivity index (χ0) is 28.5. The summed E-state index contributed by atoms with van der Waals surface area (Å²) < 4.78 is 18.2. The highest BCUT2D eigenvalue weighted by Crippen LogP contribution is 2.59. The van der Waals surface area contributed by atoms with Gasteiger partial charge in [0.1, 0.15) is 17.2 Å². The molecular weight excluding hydrogens is 551 g/mol. The van der Waals surface area contributed by atoms with Crippen molar-refractivity contribution in [3.05, 3.63) is 129 Å². The standard InChI is InChI=1S/C36H28Cl2O3/c1-35(2)32-29(19-23(37)20-30(32)38)31-26-7-5-6-8-27(26)34-28(33(31)35)17-18-36(41-34,21-9-13-24(39-3)14-10-21)22-11-15-25(40-4)16-12-22/h5-20H,1-4H3. The second-order valence-corrected chi connectivity index (χ2v) is 11.9. The minimum absolute atomic E-state index is 0.367. The summed E-state index contributed by atoms with van der Waals surface area (Å²) in [6, 6.07) is 28.5. The molecule has 3 nitrogen and oxygen atoms in total. The fourth-order valence-electron chi connectivity index (χ4n) is 6.71. The third-order valence-electron chi connectivity index (χ3n) is 8.56.